The first kappa shape index (κ1) is 21.8. The Kier molecular flexibility index (Phi) is 5.95. The van der Waals surface area contributed by atoms with E-state index in [1.807, 2.05) is 13.0 Å². The smallest absolute Gasteiger partial charge is 0.337 e. The van der Waals surface area contributed by atoms with Crippen LogP contribution >= 0.6 is 0 Å². The number of aromatic carboxylic acids is 1. The lowest BCUT2D eigenvalue weighted by molar-refractivity contribution is 0.0691. The van der Waals surface area contributed by atoms with E-state index in [9.17, 15) is 14.0 Å². The predicted molar refractivity (Wildman–Crippen MR) is 120 cm³/mol. The number of nitrogens with two attached hydrogens (primary N) is 1. The number of nitrogens with zero attached hydrogens (tertiary/aromatic N) is 4. The molecule has 1 aromatic carbocycles. The second-order valence-electron chi connectivity index (χ2n) is 7.53. The number of aryl methyl sites for hydroxylation is 1. The monoisotopic (exact) mass is 445 g/mol. The topological polar surface area (TPSA) is 122 Å². The van der Waals surface area contributed by atoms with E-state index in [2.05, 4.69) is 15.0 Å². The molecule has 33 heavy (non-hydrogen) atoms. The van der Waals surface area contributed by atoms with Crippen LogP contribution in [0.2, 0.25) is 0 Å². The van der Waals surface area contributed by atoms with Crippen LogP contribution in [0.1, 0.15) is 37.7 Å². The van der Waals surface area contributed by atoms with Crippen LogP contribution in [-0.4, -0.2) is 36.8 Å². The zero-order valence-electron chi connectivity index (χ0n) is 17.7. The quantitative estimate of drug-likeness (QED) is 0.465. The molecular formula is C24H20FN5O3. The fourth-order valence-corrected chi connectivity index (χ4v) is 3.37. The van der Waals surface area contributed by atoms with Crippen molar-refractivity contribution >= 4 is 28.6 Å². The molecule has 1 amide bonds. The molecule has 0 saturated heterocycles. The van der Waals surface area contributed by atoms with Crippen LogP contribution in [0.25, 0.3) is 10.9 Å². The van der Waals surface area contributed by atoms with Gasteiger partial charge in [-0.2, -0.15) is 0 Å². The summed E-state index contributed by atoms with van der Waals surface area (Å²) >= 11 is 0. The van der Waals surface area contributed by atoms with E-state index in [0.717, 1.165) is 10.9 Å². The lowest BCUT2D eigenvalue weighted by Gasteiger charge is -2.23. The number of anilines is 1. The van der Waals surface area contributed by atoms with E-state index < -0.39 is 11.8 Å². The summed E-state index contributed by atoms with van der Waals surface area (Å²) in [5.41, 5.74) is 8.30. The number of pyridine rings is 3. The van der Waals surface area contributed by atoms with Crippen molar-refractivity contribution in [2.45, 2.75) is 20.0 Å². The molecule has 3 aromatic heterocycles. The highest BCUT2D eigenvalue weighted by Crippen LogP contribution is 2.21. The largest absolute Gasteiger partial charge is 0.478 e. The number of rotatable bonds is 6. The molecule has 0 aliphatic carbocycles. The normalized spacial score (nSPS) is 10.8. The van der Waals surface area contributed by atoms with Gasteiger partial charge >= 0.3 is 5.97 Å². The van der Waals surface area contributed by atoms with E-state index in [1.165, 1.54) is 41.6 Å². The van der Waals surface area contributed by atoms with Gasteiger partial charge in [-0.15, -0.1) is 0 Å². The van der Waals surface area contributed by atoms with Gasteiger partial charge in [0.2, 0.25) is 0 Å². The zero-order valence-corrected chi connectivity index (χ0v) is 17.7. The molecule has 3 heterocycles. The molecule has 3 N–H and O–H groups in total. The minimum Gasteiger partial charge on any atom is -0.478 e. The molecule has 0 aliphatic heterocycles. The van der Waals surface area contributed by atoms with Crippen LogP contribution in [0.15, 0.2) is 60.9 Å². The van der Waals surface area contributed by atoms with E-state index in [1.54, 1.807) is 18.2 Å². The Morgan fingerprint density at radius 1 is 1.06 bits per heavy atom. The van der Waals surface area contributed by atoms with Gasteiger partial charge in [0, 0.05) is 23.3 Å². The third-order valence-corrected chi connectivity index (χ3v) is 5.18. The Bertz CT molecular complexity index is 1360. The molecule has 0 aliphatic rings. The first-order valence-corrected chi connectivity index (χ1v) is 10.1. The SMILES string of the molecule is Cc1cc2cc(C(=O)N(Cc3ccc(C(=O)O)cn3)Cc3ncccc3F)ccc2nc1N. The van der Waals surface area contributed by atoms with Crippen molar-refractivity contribution in [1.29, 1.82) is 0 Å². The maximum absolute atomic E-state index is 14.3. The summed E-state index contributed by atoms with van der Waals surface area (Å²) in [5.74, 6) is -1.57. The lowest BCUT2D eigenvalue weighted by atomic mass is 10.1. The Hall–Kier alpha value is -4.40. The van der Waals surface area contributed by atoms with Crippen molar-refractivity contribution in [3.05, 3.63) is 94.8 Å². The third kappa shape index (κ3) is 4.77. The van der Waals surface area contributed by atoms with Crippen LogP contribution in [0.4, 0.5) is 10.2 Å². The van der Waals surface area contributed by atoms with Gasteiger partial charge in [-0.25, -0.2) is 14.2 Å². The Balaban J connectivity index is 1.69. The fourth-order valence-electron chi connectivity index (χ4n) is 3.37. The number of halogens is 1. The number of hydrogen-bond donors (Lipinski definition) is 2. The summed E-state index contributed by atoms with van der Waals surface area (Å²) in [6.45, 7) is 1.77. The van der Waals surface area contributed by atoms with Crippen LogP contribution < -0.4 is 5.73 Å². The summed E-state index contributed by atoms with van der Waals surface area (Å²) in [6.07, 6.45) is 2.67. The molecule has 0 fully saturated rings. The Morgan fingerprint density at radius 3 is 2.55 bits per heavy atom. The van der Waals surface area contributed by atoms with Crippen molar-refractivity contribution in [3.8, 4) is 0 Å². The number of aromatic nitrogens is 3. The van der Waals surface area contributed by atoms with Gasteiger partial charge in [-0.3, -0.25) is 14.8 Å². The van der Waals surface area contributed by atoms with Gasteiger partial charge in [0.25, 0.3) is 5.91 Å². The first-order valence-electron chi connectivity index (χ1n) is 10.1. The summed E-state index contributed by atoms with van der Waals surface area (Å²) in [7, 11) is 0. The minimum atomic E-state index is -1.10. The van der Waals surface area contributed by atoms with Crippen molar-refractivity contribution in [1.82, 2.24) is 19.9 Å². The second-order valence-corrected chi connectivity index (χ2v) is 7.53. The van der Waals surface area contributed by atoms with Gasteiger partial charge in [0.05, 0.1) is 35.6 Å². The van der Waals surface area contributed by atoms with Crippen LogP contribution in [0.3, 0.4) is 0 Å². The summed E-state index contributed by atoms with van der Waals surface area (Å²) in [4.78, 5) is 38.5. The number of fused-ring (bicyclic) bond motifs is 1. The van der Waals surface area contributed by atoms with Crippen molar-refractivity contribution in [2.24, 2.45) is 0 Å². The van der Waals surface area contributed by atoms with E-state index in [-0.39, 0.29) is 30.3 Å². The Labute approximate surface area is 188 Å². The molecule has 4 rings (SSSR count). The minimum absolute atomic E-state index is 0.0315. The zero-order chi connectivity index (χ0) is 23.5. The number of carbonyl (C=O) groups excluding carboxylic acids is 1. The Morgan fingerprint density at radius 2 is 1.85 bits per heavy atom. The number of amides is 1. The summed E-state index contributed by atoms with van der Waals surface area (Å²) in [5, 5.41) is 9.83. The molecule has 0 bridgehead atoms. The predicted octanol–water partition coefficient (Wildman–Crippen LogP) is 3.60. The molecule has 8 nitrogen and oxygen atoms in total. The van der Waals surface area contributed by atoms with E-state index in [0.29, 0.717) is 22.6 Å². The van der Waals surface area contributed by atoms with Crippen LogP contribution in [0, 0.1) is 12.7 Å². The maximum Gasteiger partial charge on any atom is 0.337 e. The van der Waals surface area contributed by atoms with Crippen molar-refractivity contribution in [2.75, 3.05) is 5.73 Å². The average molecular weight is 445 g/mol. The fraction of sp³-hybridized carbons (Fsp3) is 0.125. The highest BCUT2D eigenvalue weighted by atomic mass is 19.1. The van der Waals surface area contributed by atoms with Gasteiger partial charge < -0.3 is 15.7 Å². The van der Waals surface area contributed by atoms with E-state index in [4.69, 9.17) is 10.8 Å². The summed E-state index contributed by atoms with van der Waals surface area (Å²) in [6, 6.07) is 12.6. The average Bonchev–Trinajstić information content (AvgIpc) is 2.80. The lowest BCUT2D eigenvalue weighted by Crippen LogP contribution is -2.31. The number of carboxylic acids is 1. The molecule has 0 spiro atoms. The third-order valence-electron chi connectivity index (χ3n) is 5.18. The molecule has 9 heteroatoms. The molecule has 0 saturated carbocycles. The number of hydrogen-bond acceptors (Lipinski definition) is 6. The number of carboxylic acid groups (broad SMARTS) is 1. The van der Waals surface area contributed by atoms with Gasteiger partial charge in [-0.1, -0.05) is 0 Å². The maximum atomic E-state index is 14.3. The van der Waals surface area contributed by atoms with Gasteiger partial charge in [0.15, 0.2) is 0 Å². The van der Waals surface area contributed by atoms with Crippen molar-refractivity contribution in [3.63, 3.8) is 0 Å². The van der Waals surface area contributed by atoms with Gasteiger partial charge in [0.1, 0.15) is 11.6 Å². The molecule has 0 radical (unpaired) electrons. The number of benzene rings is 1. The molecule has 0 atom stereocenters. The van der Waals surface area contributed by atoms with E-state index >= 15 is 0 Å². The molecular weight excluding hydrogens is 425 g/mol. The van der Waals surface area contributed by atoms with Gasteiger partial charge in [-0.05, 0) is 61.0 Å². The highest BCUT2D eigenvalue weighted by molar-refractivity contribution is 5.98. The highest BCUT2D eigenvalue weighted by Gasteiger charge is 2.20. The van der Waals surface area contributed by atoms with Crippen LogP contribution in [0.5, 0.6) is 0 Å². The second kappa shape index (κ2) is 8.99. The molecule has 0 unspecified atom stereocenters. The number of carbonyl (C=O) groups is 2. The molecule has 166 valence electrons. The first-order chi connectivity index (χ1) is 15.8. The summed E-state index contributed by atoms with van der Waals surface area (Å²) < 4.78 is 14.3. The van der Waals surface area contributed by atoms with Crippen LogP contribution in [-0.2, 0) is 13.1 Å². The molecule has 4 aromatic rings. The number of nitrogen functional groups attached to an aromatic ring is 1. The van der Waals surface area contributed by atoms with Crippen molar-refractivity contribution < 1.29 is 19.1 Å². The standard InChI is InChI=1S/C24H20FN5O3/c1-14-9-17-10-15(5-7-20(17)29-22(14)26)23(31)30(13-21-19(25)3-2-8-27-21)12-18-6-4-16(11-28-18)24(32)33/h2-11H,12-13H2,1H3,(H2,26,29)(H,32,33).